The first-order chi connectivity index (χ1) is 29.0. The van der Waals surface area contributed by atoms with E-state index in [1.165, 1.54) is 76.7 Å². The van der Waals surface area contributed by atoms with Crippen molar-refractivity contribution in [3.63, 3.8) is 0 Å². The molecule has 0 bridgehead atoms. The SMILES string of the molecule is CC(C)(C)c1ccc(-c2c3ccccc3c(-c3ccc(C(C)(C)C)cc3)c3cc(-n4c5ccccc5c5cc(-c6cccc7c6oc6ccccc67)ccc54)ccc23)cc1. The normalized spacial score (nSPS) is 12.5. The Hall–Kier alpha value is -6.90. The van der Waals surface area contributed by atoms with E-state index in [0.717, 1.165) is 38.8 Å². The van der Waals surface area contributed by atoms with E-state index in [1.807, 2.05) is 6.07 Å². The molecule has 2 aromatic heterocycles. The number of para-hydroxylation sites is 3. The lowest BCUT2D eigenvalue weighted by Crippen LogP contribution is -2.10. The smallest absolute Gasteiger partial charge is 0.143 e. The van der Waals surface area contributed by atoms with Gasteiger partial charge in [-0.3, -0.25) is 0 Å². The Morgan fingerprint density at radius 2 is 0.883 bits per heavy atom. The molecule has 11 rings (SSSR count). The van der Waals surface area contributed by atoms with Gasteiger partial charge >= 0.3 is 0 Å². The average Bonchev–Trinajstić information content (AvgIpc) is 3.80. The molecule has 290 valence electrons. The van der Waals surface area contributed by atoms with Gasteiger partial charge in [0.15, 0.2) is 0 Å². The van der Waals surface area contributed by atoms with Gasteiger partial charge in [-0.15, -0.1) is 0 Å². The number of fused-ring (bicyclic) bond motifs is 8. The fraction of sp³-hybridized carbons (Fsp3) is 0.138. The monoisotopic (exact) mass is 773 g/mol. The largest absolute Gasteiger partial charge is 0.455 e. The van der Waals surface area contributed by atoms with E-state index in [2.05, 4.69) is 216 Å². The summed E-state index contributed by atoms with van der Waals surface area (Å²) in [6.45, 7) is 13.7. The van der Waals surface area contributed by atoms with E-state index in [1.54, 1.807) is 0 Å². The Bertz CT molecular complexity index is 3470. The molecule has 0 aliphatic heterocycles. The second kappa shape index (κ2) is 13.3. The van der Waals surface area contributed by atoms with Gasteiger partial charge in [-0.05, 0) is 108 Å². The summed E-state index contributed by atoms with van der Waals surface area (Å²) < 4.78 is 8.96. The maximum Gasteiger partial charge on any atom is 0.143 e. The van der Waals surface area contributed by atoms with Crippen LogP contribution in [0.5, 0.6) is 0 Å². The summed E-state index contributed by atoms with van der Waals surface area (Å²) >= 11 is 0. The second-order valence-electron chi connectivity index (χ2n) is 18.5. The van der Waals surface area contributed by atoms with Crippen molar-refractivity contribution in [3.8, 4) is 39.1 Å². The van der Waals surface area contributed by atoms with Crippen LogP contribution in [-0.2, 0) is 10.8 Å². The van der Waals surface area contributed by atoms with E-state index in [0.29, 0.717) is 0 Å². The van der Waals surface area contributed by atoms with Gasteiger partial charge in [0.2, 0.25) is 0 Å². The van der Waals surface area contributed by atoms with E-state index in [9.17, 15) is 0 Å². The minimum Gasteiger partial charge on any atom is -0.455 e. The third-order valence-electron chi connectivity index (χ3n) is 12.7. The molecule has 0 aliphatic rings. The van der Waals surface area contributed by atoms with Gasteiger partial charge in [-0.1, -0.05) is 181 Å². The molecular formula is C58H47NO. The fourth-order valence-electron chi connectivity index (χ4n) is 9.59. The highest BCUT2D eigenvalue weighted by Gasteiger charge is 2.22. The lowest BCUT2D eigenvalue weighted by molar-refractivity contribution is 0.590. The first-order valence-corrected chi connectivity index (χ1v) is 21.2. The molecule has 0 unspecified atom stereocenters. The molecule has 9 aromatic carbocycles. The van der Waals surface area contributed by atoms with Crippen LogP contribution in [-0.4, -0.2) is 4.57 Å². The number of rotatable bonds is 4. The van der Waals surface area contributed by atoms with Gasteiger partial charge in [-0.2, -0.15) is 0 Å². The van der Waals surface area contributed by atoms with Crippen LogP contribution in [0.1, 0.15) is 52.7 Å². The number of furan rings is 1. The van der Waals surface area contributed by atoms with E-state index in [4.69, 9.17) is 4.42 Å². The zero-order valence-electron chi connectivity index (χ0n) is 35.1. The van der Waals surface area contributed by atoms with Crippen LogP contribution in [0.2, 0.25) is 0 Å². The molecule has 0 atom stereocenters. The van der Waals surface area contributed by atoms with Crippen LogP contribution >= 0.6 is 0 Å². The van der Waals surface area contributed by atoms with Gasteiger partial charge in [0.1, 0.15) is 11.2 Å². The van der Waals surface area contributed by atoms with E-state index >= 15 is 0 Å². The molecule has 2 nitrogen and oxygen atoms in total. The second-order valence-corrected chi connectivity index (χ2v) is 18.5. The van der Waals surface area contributed by atoms with Crippen LogP contribution < -0.4 is 0 Å². The molecule has 60 heavy (non-hydrogen) atoms. The summed E-state index contributed by atoms with van der Waals surface area (Å²) in [4.78, 5) is 0. The first-order valence-electron chi connectivity index (χ1n) is 21.2. The summed E-state index contributed by atoms with van der Waals surface area (Å²) in [6.07, 6.45) is 0. The molecular weight excluding hydrogens is 727 g/mol. The van der Waals surface area contributed by atoms with Gasteiger partial charge in [0.05, 0.1) is 11.0 Å². The lowest BCUT2D eigenvalue weighted by atomic mass is 9.82. The van der Waals surface area contributed by atoms with Crippen LogP contribution in [0, 0.1) is 0 Å². The summed E-state index contributed by atoms with van der Waals surface area (Å²) in [6, 6.07) is 65.2. The number of benzene rings is 9. The Balaban J connectivity index is 1.17. The zero-order chi connectivity index (χ0) is 40.9. The van der Waals surface area contributed by atoms with Crippen molar-refractivity contribution in [1.29, 1.82) is 0 Å². The fourth-order valence-corrected chi connectivity index (χ4v) is 9.59. The van der Waals surface area contributed by atoms with Crippen molar-refractivity contribution < 1.29 is 4.42 Å². The number of nitrogens with zero attached hydrogens (tertiary/aromatic N) is 1. The standard InChI is InChI=1S/C58H47NO/c1-57(2,3)39-27-22-36(23-28-39)54-45-16-7-8-17-46(45)55(37-24-29-40(30-25-37)58(4,5)6)50-35-41(31-32-47(50)54)59-51-20-11-9-14-43(51)49-34-38(26-33-52(49)59)42-18-13-19-48-44-15-10-12-21-53(44)60-56(42)48/h7-35H,1-6H3. The molecule has 11 aromatic rings. The third kappa shape index (κ3) is 5.69. The summed E-state index contributed by atoms with van der Waals surface area (Å²) in [5.74, 6) is 0. The Morgan fingerprint density at radius 3 is 1.53 bits per heavy atom. The van der Waals surface area contributed by atoms with Crippen LogP contribution in [0.4, 0.5) is 0 Å². The highest BCUT2D eigenvalue weighted by atomic mass is 16.3. The zero-order valence-corrected chi connectivity index (χ0v) is 35.1. The van der Waals surface area contributed by atoms with Crippen LogP contribution in [0.3, 0.4) is 0 Å². The van der Waals surface area contributed by atoms with E-state index < -0.39 is 0 Å². The van der Waals surface area contributed by atoms with E-state index in [-0.39, 0.29) is 10.8 Å². The van der Waals surface area contributed by atoms with Crippen molar-refractivity contribution in [2.75, 3.05) is 0 Å². The van der Waals surface area contributed by atoms with Crippen LogP contribution in [0.15, 0.2) is 180 Å². The van der Waals surface area contributed by atoms with Gasteiger partial charge < -0.3 is 8.98 Å². The van der Waals surface area contributed by atoms with Crippen molar-refractivity contribution in [1.82, 2.24) is 4.57 Å². The quantitative estimate of drug-likeness (QED) is 0.163. The molecule has 0 radical (unpaired) electrons. The van der Waals surface area contributed by atoms with Crippen molar-refractivity contribution >= 4 is 65.3 Å². The van der Waals surface area contributed by atoms with Gasteiger partial charge in [-0.25, -0.2) is 0 Å². The maximum absolute atomic E-state index is 6.51. The van der Waals surface area contributed by atoms with Crippen molar-refractivity contribution in [2.24, 2.45) is 0 Å². The minimum atomic E-state index is 0.0634. The minimum absolute atomic E-state index is 0.0634. The van der Waals surface area contributed by atoms with Crippen LogP contribution in [0.25, 0.3) is 104 Å². The molecule has 0 aliphatic carbocycles. The average molecular weight is 774 g/mol. The predicted octanol–water partition coefficient (Wildman–Crippen LogP) is 16.6. The van der Waals surface area contributed by atoms with Gasteiger partial charge in [0, 0.05) is 32.8 Å². The van der Waals surface area contributed by atoms with Gasteiger partial charge in [0.25, 0.3) is 0 Å². The Labute approximate surface area is 351 Å². The lowest BCUT2D eigenvalue weighted by Gasteiger charge is -2.22. The third-order valence-corrected chi connectivity index (χ3v) is 12.7. The summed E-state index contributed by atoms with van der Waals surface area (Å²) in [5, 5.41) is 9.73. The summed E-state index contributed by atoms with van der Waals surface area (Å²) in [5.41, 5.74) is 15.4. The number of aromatic nitrogens is 1. The predicted molar refractivity (Wildman–Crippen MR) is 257 cm³/mol. The Kier molecular flexibility index (Phi) is 8.03. The highest BCUT2D eigenvalue weighted by molar-refractivity contribution is 6.22. The van der Waals surface area contributed by atoms with Crippen molar-refractivity contribution in [2.45, 2.75) is 52.4 Å². The molecule has 2 heteroatoms. The molecule has 0 spiro atoms. The number of hydrogen-bond acceptors (Lipinski definition) is 1. The topological polar surface area (TPSA) is 18.1 Å². The molecule has 0 saturated carbocycles. The molecule has 0 saturated heterocycles. The highest BCUT2D eigenvalue weighted by Crippen LogP contribution is 2.46. The first kappa shape index (κ1) is 36.2. The number of hydrogen-bond donors (Lipinski definition) is 0. The molecule has 0 fully saturated rings. The molecule has 2 heterocycles. The molecule has 0 amide bonds. The maximum atomic E-state index is 6.51. The Morgan fingerprint density at radius 1 is 0.367 bits per heavy atom. The summed E-state index contributed by atoms with van der Waals surface area (Å²) in [7, 11) is 0. The van der Waals surface area contributed by atoms with Crippen molar-refractivity contribution in [3.05, 3.63) is 187 Å². The molecule has 0 N–H and O–H groups in total.